The van der Waals surface area contributed by atoms with Crippen molar-refractivity contribution in [2.45, 2.75) is 38.9 Å². The van der Waals surface area contributed by atoms with Gasteiger partial charge in [0.15, 0.2) is 0 Å². The van der Waals surface area contributed by atoms with Crippen LogP contribution in [0.2, 0.25) is 0 Å². The first-order valence-electron chi connectivity index (χ1n) is 7.89. The summed E-state index contributed by atoms with van der Waals surface area (Å²) in [5.41, 5.74) is 1.22. The number of likely N-dealkylation sites (N-methyl/N-ethyl adjacent to an activating group) is 1. The normalized spacial score (nSPS) is 18.6. The summed E-state index contributed by atoms with van der Waals surface area (Å²) in [6.07, 6.45) is 1.13. The standard InChI is InChI=1S/C17H28N2O2/c1-14(2)18-12-15-6-4-5-7-17(15)21-11-9-19(3)16-8-10-20-13-16/h4-7,14,16,18H,8-13H2,1-3H3. The quantitative estimate of drug-likeness (QED) is 0.797. The SMILES string of the molecule is CC(C)NCc1ccccc1OCCN(C)C1CCOC1. The van der Waals surface area contributed by atoms with Gasteiger partial charge in [-0.3, -0.25) is 4.90 Å². The lowest BCUT2D eigenvalue weighted by atomic mass is 10.2. The molecule has 1 N–H and O–H groups in total. The van der Waals surface area contributed by atoms with Gasteiger partial charge in [0.2, 0.25) is 0 Å². The Morgan fingerprint density at radius 2 is 2.19 bits per heavy atom. The van der Waals surface area contributed by atoms with Crippen LogP contribution in [-0.2, 0) is 11.3 Å². The topological polar surface area (TPSA) is 33.7 Å². The van der Waals surface area contributed by atoms with Gasteiger partial charge >= 0.3 is 0 Å². The van der Waals surface area contributed by atoms with Crippen LogP contribution < -0.4 is 10.1 Å². The highest BCUT2D eigenvalue weighted by molar-refractivity contribution is 5.33. The molecule has 118 valence electrons. The van der Waals surface area contributed by atoms with Gasteiger partial charge in [-0.25, -0.2) is 0 Å². The minimum absolute atomic E-state index is 0.478. The number of ether oxygens (including phenoxy) is 2. The summed E-state index contributed by atoms with van der Waals surface area (Å²) in [5.74, 6) is 0.988. The molecule has 0 saturated carbocycles. The largest absolute Gasteiger partial charge is 0.492 e. The Labute approximate surface area is 128 Å². The third kappa shape index (κ3) is 5.30. The van der Waals surface area contributed by atoms with Crippen LogP contribution in [0.25, 0.3) is 0 Å². The molecular weight excluding hydrogens is 264 g/mol. The van der Waals surface area contributed by atoms with Crippen LogP contribution in [0.5, 0.6) is 5.75 Å². The molecule has 1 saturated heterocycles. The zero-order valence-electron chi connectivity index (χ0n) is 13.5. The molecule has 4 nitrogen and oxygen atoms in total. The molecule has 1 fully saturated rings. The molecule has 1 heterocycles. The molecule has 1 aliphatic rings. The van der Waals surface area contributed by atoms with Gasteiger partial charge in [0.05, 0.1) is 6.61 Å². The highest BCUT2D eigenvalue weighted by atomic mass is 16.5. The lowest BCUT2D eigenvalue weighted by molar-refractivity contribution is 0.146. The van der Waals surface area contributed by atoms with Crippen molar-refractivity contribution < 1.29 is 9.47 Å². The minimum Gasteiger partial charge on any atom is -0.492 e. The van der Waals surface area contributed by atoms with Gasteiger partial charge < -0.3 is 14.8 Å². The molecule has 1 atom stereocenters. The number of nitrogens with zero attached hydrogens (tertiary/aromatic N) is 1. The van der Waals surface area contributed by atoms with Gasteiger partial charge in [-0.05, 0) is 19.5 Å². The minimum atomic E-state index is 0.478. The molecule has 0 spiro atoms. The van der Waals surface area contributed by atoms with Crippen molar-refractivity contribution in [1.29, 1.82) is 0 Å². The van der Waals surface area contributed by atoms with Crippen molar-refractivity contribution in [3.05, 3.63) is 29.8 Å². The molecule has 0 radical (unpaired) electrons. The Morgan fingerprint density at radius 1 is 1.38 bits per heavy atom. The summed E-state index contributed by atoms with van der Waals surface area (Å²) >= 11 is 0. The summed E-state index contributed by atoms with van der Waals surface area (Å²) in [5, 5.41) is 3.44. The summed E-state index contributed by atoms with van der Waals surface area (Å²) < 4.78 is 11.4. The number of hydrogen-bond donors (Lipinski definition) is 1. The third-order valence-corrected chi connectivity index (χ3v) is 3.90. The maximum Gasteiger partial charge on any atom is 0.123 e. The van der Waals surface area contributed by atoms with E-state index in [1.165, 1.54) is 5.56 Å². The van der Waals surface area contributed by atoms with Gasteiger partial charge in [-0.2, -0.15) is 0 Å². The molecule has 0 bridgehead atoms. The van der Waals surface area contributed by atoms with Crippen LogP contribution in [0.4, 0.5) is 0 Å². The number of para-hydroxylation sites is 1. The second kappa shape index (κ2) is 8.37. The van der Waals surface area contributed by atoms with Gasteiger partial charge in [-0.15, -0.1) is 0 Å². The number of nitrogens with one attached hydrogen (secondary N) is 1. The van der Waals surface area contributed by atoms with Crippen LogP contribution in [-0.4, -0.2) is 50.4 Å². The van der Waals surface area contributed by atoms with Crippen LogP contribution >= 0.6 is 0 Å². The van der Waals surface area contributed by atoms with Crippen molar-refractivity contribution in [3.8, 4) is 5.75 Å². The van der Waals surface area contributed by atoms with Gasteiger partial charge in [0, 0.05) is 37.3 Å². The number of rotatable bonds is 8. The lowest BCUT2D eigenvalue weighted by Gasteiger charge is -2.23. The fourth-order valence-corrected chi connectivity index (χ4v) is 2.46. The van der Waals surface area contributed by atoms with Crippen LogP contribution in [0.3, 0.4) is 0 Å². The first kappa shape index (κ1) is 16.3. The summed E-state index contributed by atoms with van der Waals surface area (Å²) in [4.78, 5) is 2.34. The summed E-state index contributed by atoms with van der Waals surface area (Å²) in [6.45, 7) is 8.54. The molecule has 1 aromatic carbocycles. The second-order valence-electron chi connectivity index (χ2n) is 5.99. The highest BCUT2D eigenvalue weighted by Crippen LogP contribution is 2.18. The van der Waals surface area contributed by atoms with E-state index >= 15 is 0 Å². The smallest absolute Gasteiger partial charge is 0.123 e. The average molecular weight is 292 g/mol. The van der Waals surface area contributed by atoms with Crippen molar-refractivity contribution in [3.63, 3.8) is 0 Å². The van der Waals surface area contributed by atoms with E-state index in [2.05, 4.69) is 49.3 Å². The molecule has 4 heteroatoms. The van der Waals surface area contributed by atoms with Crippen LogP contribution in [0.1, 0.15) is 25.8 Å². The van der Waals surface area contributed by atoms with E-state index in [4.69, 9.17) is 9.47 Å². The van der Waals surface area contributed by atoms with Crippen molar-refractivity contribution >= 4 is 0 Å². The molecule has 21 heavy (non-hydrogen) atoms. The molecule has 0 aliphatic carbocycles. The lowest BCUT2D eigenvalue weighted by Crippen LogP contribution is -2.35. The van der Waals surface area contributed by atoms with Gasteiger partial charge in [0.25, 0.3) is 0 Å². The fourth-order valence-electron chi connectivity index (χ4n) is 2.46. The summed E-state index contributed by atoms with van der Waals surface area (Å²) in [7, 11) is 2.15. The predicted molar refractivity (Wildman–Crippen MR) is 85.8 cm³/mol. The zero-order chi connectivity index (χ0) is 15.1. The zero-order valence-corrected chi connectivity index (χ0v) is 13.5. The molecule has 1 unspecified atom stereocenters. The van der Waals surface area contributed by atoms with Gasteiger partial charge in [-0.1, -0.05) is 32.0 Å². The highest BCUT2D eigenvalue weighted by Gasteiger charge is 2.19. The van der Waals surface area contributed by atoms with Crippen molar-refractivity contribution in [2.75, 3.05) is 33.4 Å². The van der Waals surface area contributed by atoms with E-state index in [9.17, 15) is 0 Å². The third-order valence-electron chi connectivity index (χ3n) is 3.90. The summed E-state index contributed by atoms with van der Waals surface area (Å²) in [6, 6.07) is 9.29. The maximum absolute atomic E-state index is 5.98. The second-order valence-corrected chi connectivity index (χ2v) is 5.99. The molecule has 2 rings (SSSR count). The number of benzene rings is 1. The fraction of sp³-hybridized carbons (Fsp3) is 0.647. The first-order chi connectivity index (χ1) is 10.2. The van der Waals surface area contributed by atoms with E-state index in [1.807, 2.05) is 6.07 Å². The predicted octanol–water partition coefficient (Wildman–Crippen LogP) is 2.28. The van der Waals surface area contributed by atoms with E-state index in [0.29, 0.717) is 18.7 Å². The average Bonchev–Trinajstić information content (AvgIpc) is 3.00. The van der Waals surface area contributed by atoms with E-state index in [0.717, 1.165) is 38.5 Å². The Morgan fingerprint density at radius 3 is 2.90 bits per heavy atom. The van der Waals surface area contributed by atoms with E-state index in [1.54, 1.807) is 0 Å². The Hall–Kier alpha value is -1.10. The van der Waals surface area contributed by atoms with E-state index < -0.39 is 0 Å². The molecule has 1 aromatic rings. The molecule has 0 aromatic heterocycles. The first-order valence-corrected chi connectivity index (χ1v) is 7.89. The Balaban J connectivity index is 1.79. The van der Waals surface area contributed by atoms with Gasteiger partial charge in [0.1, 0.15) is 12.4 Å². The molecular formula is C17H28N2O2. The van der Waals surface area contributed by atoms with E-state index in [-0.39, 0.29) is 0 Å². The monoisotopic (exact) mass is 292 g/mol. The Kier molecular flexibility index (Phi) is 6.49. The number of hydrogen-bond acceptors (Lipinski definition) is 4. The maximum atomic E-state index is 5.98. The van der Waals surface area contributed by atoms with Crippen molar-refractivity contribution in [1.82, 2.24) is 10.2 Å². The Bertz CT molecular complexity index is 417. The molecule has 1 aliphatic heterocycles. The van der Waals surface area contributed by atoms with Crippen LogP contribution in [0, 0.1) is 0 Å². The van der Waals surface area contributed by atoms with Crippen molar-refractivity contribution in [2.24, 2.45) is 0 Å². The molecule has 0 amide bonds. The van der Waals surface area contributed by atoms with Crippen LogP contribution in [0.15, 0.2) is 24.3 Å².